The van der Waals surface area contributed by atoms with Crippen molar-refractivity contribution in [3.63, 3.8) is 0 Å². The average molecular weight is 415 g/mol. The molecule has 0 radical (unpaired) electrons. The van der Waals surface area contributed by atoms with Gasteiger partial charge >= 0.3 is 0 Å². The fourth-order valence-corrected chi connectivity index (χ4v) is 3.86. The number of hydrogen-bond acceptors (Lipinski definition) is 5. The van der Waals surface area contributed by atoms with Gasteiger partial charge in [-0.2, -0.15) is 0 Å². The molecular formula is C21H19F2N3O2S. The van der Waals surface area contributed by atoms with Gasteiger partial charge in [-0.3, -0.25) is 4.79 Å². The molecule has 2 heterocycles. The number of anilines is 1. The zero-order chi connectivity index (χ0) is 20.2. The minimum atomic E-state index is -0.312. The third kappa shape index (κ3) is 4.76. The van der Waals surface area contributed by atoms with Gasteiger partial charge in [0.25, 0.3) is 5.22 Å². The first kappa shape index (κ1) is 19.4. The summed E-state index contributed by atoms with van der Waals surface area (Å²) in [6, 6.07) is 12.4. The van der Waals surface area contributed by atoms with Crippen LogP contribution in [0.2, 0.25) is 0 Å². The van der Waals surface area contributed by atoms with Crippen LogP contribution in [0, 0.1) is 11.6 Å². The fourth-order valence-electron chi connectivity index (χ4n) is 3.15. The van der Waals surface area contributed by atoms with Crippen molar-refractivity contribution in [3.05, 3.63) is 66.4 Å². The van der Waals surface area contributed by atoms with Crippen LogP contribution in [0.3, 0.4) is 0 Å². The molecule has 29 heavy (non-hydrogen) atoms. The van der Waals surface area contributed by atoms with Crippen LogP contribution in [0.4, 0.5) is 14.5 Å². The molecule has 1 amide bonds. The minimum absolute atomic E-state index is 0.0234. The number of nitrogens with zero attached hydrogens (tertiary/aromatic N) is 3. The van der Waals surface area contributed by atoms with Crippen LogP contribution in [0.1, 0.15) is 0 Å². The second-order valence-corrected chi connectivity index (χ2v) is 7.56. The number of benzene rings is 2. The maximum atomic E-state index is 13.1. The van der Waals surface area contributed by atoms with E-state index in [1.165, 1.54) is 36.0 Å². The smallest absolute Gasteiger partial charge is 0.256 e. The molecule has 1 aromatic heterocycles. The summed E-state index contributed by atoms with van der Waals surface area (Å²) in [5.74, 6) is 0.227. The van der Waals surface area contributed by atoms with Crippen molar-refractivity contribution in [1.29, 1.82) is 0 Å². The van der Waals surface area contributed by atoms with Crippen LogP contribution < -0.4 is 4.90 Å². The summed E-state index contributed by atoms with van der Waals surface area (Å²) in [6.45, 7) is 2.64. The molecule has 5 nitrogen and oxygen atoms in total. The number of halogens is 2. The number of hydrogen-bond donors (Lipinski definition) is 0. The number of thioether (sulfide) groups is 1. The number of carbonyl (C=O) groups is 1. The van der Waals surface area contributed by atoms with Crippen molar-refractivity contribution < 1.29 is 18.0 Å². The Morgan fingerprint density at radius 3 is 2.24 bits per heavy atom. The molecule has 0 bridgehead atoms. The second kappa shape index (κ2) is 8.65. The fraction of sp³-hybridized carbons (Fsp3) is 0.238. The van der Waals surface area contributed by atoms with Crippen LogP contribution in [-0.4, -0.2) is 47.7 Å². The Kier molecular flexibility index (Phi) is 5.80. The molecule has 1 aliphatic heterocycles. The van der Waals surface area contributed by atoms with Crippen molar-refractivity contribution in [2.45, 2.75) is 5.22 Å². The molecule has 0 spiro atoms. The molecule has 1 aliphatic rings. The van der Waals surface area contributed by atoms with Gasteiger partial charge in [0.15, 0.2) is 5.76 Å². The molecule has 0 atom stereocenters. The SMILES string of the molecule is O=C(CSc1ncc(-c2ccc(F)cc2)o1)N1CCN(c2ccc(F)cc2)CC1. The quantitative estimate of drug-likeness (QED) is 0.588. The molecule has 150 valence electrons. The maximum Gasteiger partial charge on any atom is 0.256 e. The van der Waals surface area contributed by atoms with Crippen molar-refractivity contribution >= 4 is 23.4 Å². The molecule has 0 N–H and O–H groups in total. The Morgan fingerprint density at radius 2 is 1.59 bits per heavy atom. The average Bonchev–Trinajstić information content (AvgIpc) is 3.22. The molecule has 0 aliphatic carbocycles. The Morgan fingerprint density at radius 1 is 0.966 bits per heavy atom. The van der Waals surface area contributed by atoms with Gasteiger partial charge in [-0.15, -0.1) is 0 Å². The van der Waals surface area contributed by atoms with Gasteiger partial charge in [0.1, 0.15) is 11.6 Å². The van der Waals surface area contributed by atoms with E-state index < -0.39 is 0 Å². The molecule has 2 aromatic carbocycles. The third-order valence-electron chi connectivity index (χ3n) is 4.76. The predicted octanol–water partition coefficient (Wildman–Crippen LogP) is 4.06. The lowest BCUT2D eigenvalue weighted by molar-refractivity contribution is -0.128. The van der Waals surface area contributed by atoms with Crippen LogP contribution in [0.5, 0.6) is 0 Å². The summed E-state index contributed by atoms with van der Waals surface area (Å²) in [5.41, 5.74) is 1.69. The summed E-state index contributed by atoms with van der Waals surface area (Å²) in [6.07, 6.45) is 1.57. The molecule has 1 fully saturated rings. The maximum absolute atomic E-state index is 13.1. The highest BCUT2D eigenvalue weighted by atomic mass is 32.2. The first-order valence-electron chi connectivity index (χ1n) is 9.21. The minimum Gasteiger partial charge on any atom is -0.431 e. The molecule has 0 saturated carbocycles. The Labute approximate surface area is 171 Å². The van der Waals surface area contributed by atoms with Crippen LogP contribution in [0.25, 0.3) is 11.3 Å². The summed E-state index contributed by atoms with van der Waals surface area (Å²) < 4.78 is 31.7. The highest BCUT2D eigenvalue weighted by Gasteiger charge is 2.22. The van der Waals surface area contributed by atoms with Crippen LogP contribution in [0.15, 0.2) is 64.4 Å². The second-order valence-electron chi connectivity index (χ2n) is 6.63. The van der Waals surface area contributed by atoms with Gasteiger partial charge in [0.2, 0.25) is 5.91 Å². The van der Waals surface area contributed by atoms with Gasteiger partial charge in [-0.05, 0) is 48.5 Å². The van der Waals surface area contributed by atoms with Gasteiger partial charge in [-0.25, -0.2) is 13.8 Å². The summed E-state index contributed by atoms with van der Waals surface area (Å²) in [5, 5.41) is 0.405. The summed E-state index contributed by atoms with van der Waals surface area (Å²) >= 11 is 1.24. The molecule has 4 rings (SSSR count). The van der Waals surface area contributed by atoms with Gasteiger partial charge < -0.3 is 14.2 Å². The Bertz CT molecular complexity index is 968. The zero-order valence-electron chi connectivity index (χ0n) is 15.6. The summed E-state index contributed by atoms with van der Waals surface area (Å²) in [4.78, 5) is 20.6. The van der Waals surface area contributed by atoms with Gasteiger partial charge in [0.05, 0.1) is 11.9 Å². The topological polar surface area (TPSA) is 49.6 Å². The molecule has 3 aromatic rings. The van der Waals surface area contributed by atoms with Crippen molar-refractivity contribution in [2.75, 3.05) is 36.8 Å². The first-order chi connectivity index (χ1) is 14.1. The molecular weight excluding hydrogens is 396 g/mol. The lowest BCUT2D eigenvalue weighted by atomic mass is 10.2. The number of carbonyl (C=O) groups excluding carboxylic acids is 1. The van der Waals surface area contributed by atoms with Gasteiger partial charge in [-0.1, -0.05) is 11.8 Å². The van der Waals surface area contributed by atoms with Crippen molar-refractivity contribution in [2.24, 2.45) is 0 Å². The molecule has 1 saturated heterocycles. The van der Waals surface area contributed by atoms with E-state index in [1.807, 2.05) is 4.90 Å². The zero-order valence-corrected chi connectivity index (χ0v) is 16.4. The van der Waals surface area contributed by atoms with Crippen LogP contribution in [-0.2, 0) is 4.79 Å². The lowest BCUT2D eigenvalue weighted by Crippen LogP contribution is -2.49. The number of piperazine rings is 1. The largest absolute Gasteiger partial charge is 0.431 e. The number of aromatic nitrogens is 1. The van der Waals surface area contributed by atoms with Crippen molar-refractivity contribution in [1.82, 2.24) is 9.88 Å². The monoisotopic (exact) mass is 415 g/mol. The highest BCUT2D eigenvalue weighted by molar-refractivity contribution is 7.99. The van der Waals surface area contributed by atoms with Crippen molar-refractivity contribution in [3.8, 4) is 11.3 Å². The van der Waals surface area contributed by atoms with E-state index in [1.54, 1.807) is 30.5 Å². The normalized spacial score (nSPS) is 14.3. The Balaban J connectivity index is 1.27. The third-order valence-corrected chi connectivity index (χ3v) is 5.58. The number of oxazole rings is 1. The lowest BCUT2D eigenvalue weighted by Gasteiger charge is -2.36. The van der Waals surface area contributed by atoms with E-state index in [2.05, 4.69) is 9.88 Å². The van der Waals surface area contributed by atoms with Gasteiger partial charge in [0, 0.05) is 37.4 Å². The van der Waals surface area contributed by atoms with Crippen LogP contribution >= 0.6 is 11.8 Å². The van der Waals surface area contributed by atoms with E-state index in [0.29, 0.717) is 37.2 Å². The standard InChI is InChI=1S/C21H19F2N3O2S/c22-16-3-1-15(2-4-16)19-13-24-21(28-19)29-14-20(27)26-11-9-25(10-12-26)18-7-5-17(23)6-8-18/h1-8,13H,9-12,14H2. The number of rotatable bonds is 5. The number of amides is 1. The Hall–Kier alpha value is -2.87. The molecule has 0 unspecified atom stereocenters. The van der Waals surface area contributed by atoms with E-state index in [0.717, 1.165) is 11.3 Å². The first-order valence-corrected chi connectivity index (χ1v) is 10.2. The van der Waals surface area contributed by atoms with E-state index >= 15 is 0 Å². The van der Waals surface area contributed by atoms with E-state index in [-0.39, 0.29) is 23.3 Å². The van der Waals surface area contributed by atoms with E-state index in [4.69, 9.17) is 4.42 Å². The highest BCUT2D eigenvalue weighted by Crippen LogP contribution is 2.26. The van der Waals surface area contributed by atoms with E-state index in [9.17, 15) is 13.6 Å². The summed E-state index contributed by atoms with van der Waals surface area (Å²) in [7, 11) is 0. The predicted molar refractivity (Wildman–Crippen MR) is 108 cm³/mol. The molecule has 8 heteroatoms.